The Labute approximate surface area is 184 Å². The van der Waals surface area contributed by atoms with Crippen LogP contribution in [-0.4, -0.2) is 59.9 Å². The van der Waals surface area contributed by atoms with Crippen LogP contribution in [0.2, 0.25) is 0 Å². The molecule has 3 aromatic rings. The highest BCUT2D eigenvalue weighted by Gasteiger charge is 2.32. The van der Waals surface area contributed by atoms with Crippen molar-refractivity contribution in [1.82, 2.24) is 20.1 Å². The molecular weight excluding hydrogens is 436 g/mol. The molecule has 2 saturated heterocycles. The van der Waals surface area contributed by atoms with Gasteiger partial charge in [-0.05, 0) is 43.7 Å². The summed E-state index contributed by atoms with van der Waals surface area (Å²) in [4.78, 5) is 19.0. The third-order valence-corrected chi connectivity index (χ3v) is 8.57. The molecule has 2 aliphatic rings. The first kappa shape index (κ1) is 20.6. The minimum absolute atomic E-state index is 0.0468. The SMILES string of the molecule is Cc1nn(C2CCS(=O)(=O)C2)c2nc(-c3cccs3)cc(C(=O)NCC3CCCO3)c12. The van der Waals surface area contributed by atoms with Crippen molar-refractivity contribution in [2.24, 2.45) is 0 Å². The lowest BCUT2D eigenvalue weighted by Crippen LogP contribution is -2.32. The molecule has 0 spiro atoms. The molecule has 8 nitrogen and oxygen atoms in total. The summed E-state index contributed by atoms with van der Waals surface area (Å²) >= 11 is 1.54. The largest absolute Gasteiger partial charge is 0.376 e. The molecule has 31 heavy (non-hydrogen) atoms. The van der Waals surface area contributed by atoms with Crippen LogP contribution in [0.4, 0.5) is 0 Å². The molecular formula is C21H24N4O4S2. The second-order valence-corrected chi connectivity index (χ2v) is 11.3. The predicted octanol–water partition coefficient (Wildman–Crippen LogP) is 2.74. The summed E-state index contributed by atoms with van der Waals surface area (Å²) in [6.07, 6.45) is 2.51. The number of hydrogen-bond donors (Lipinski definition) is 1. The summed E-state index contributed by atoms with van der Waals surface area (Å²) in [6, 6.07) is 5.44. The van der Waals surface area contributed by atoms with Crippen LogP contribution in [-0.2, 0) is 14.6 Å². The van der Waals surface area contributed by atoms with Crippen LogP contribution in [0.15, 0.2) is 23.6 Å². The standard InChI is InChI=1S/C21H24N4O4S2/c1-13-19-16(21(26)22-11-15-4-2-7-29-15)10-17(18-5-3-8-30-18)23-20(19)25(24-13)14-6-9-31(27,28)12-14/h3,5,8,10,14-15H,2,4,6-7,9,11-12H2,1H3,(H,22,26). The minimum Gasteiger partial charge on any atom is -0.376 e. The van der Waals surface area contributed by atoms with Crippen LogP contribution >= 0.6 is 11.3 Å². The highest BCUT2D eigenvalue weighted by Crippen LogP contribution is 2.33. The molecule has 2 aliphatic heterocycles. The first-order valence-corrected chi connectivity index (χ1v) is 13.2. The molecule has 5 rings (SSSR count). The Morgan fingerprint density at radius 1 is 1.39 bits per heavy atom. The summed E-state index contributed by atoms with van der Waals surface area (Å²) in [5.41, 5.74) is 2.43. The van der Waals surface area contributed by atoms with Crippen molar-refractivity contribution in [1.29, 1.82) is 0 Å². The van der Waals surface area contributed by atoms with E-state index in [1.807, 2.05) is 30.5 Å². The van der Waals surface area contributed by atoms with Crippen LogP contribution in [0.3, 0.4) is 0 Å². The van der Waals surface area contributed by atoms with Crippen LogP contribution < -0.4 is 5.32 Å². The number of hydrogen-bond acceptors (Lipinski definition) is 7. The van der Waals surface area contributed by atoms with Gasteiger partial charge in [0.25, 0.3) is 5.91 Å². The van der Waals surface area contributed by atoms with E-state index in [1.165, 1.54) is 0 Å². The minimum atomic E-state index is -3.08. The van der Waals surface area contributed by atoms with Crippen molar-refractivity contribution < 1.29 is 17.9 Å². The zero-order valence-electron chi connectivity index (χ0n) is 17.2. The van der Waals surface area contributed by atoms with E-state index < -0.39 is 9.84 Å². The van der Waals surface area contributed by atoms with Gasteiger partial charge in [-0.3, -0.25) is 4.79 Å². The van der Waals surface area contributed by atoms with E-state index in [-0.39, 0.29) is 29.6 Å². The summed E-state index contributed by atoms with van der Waals surface area (Å²) in [5.74, 6) is 0.00827. The van der Waals surface area contributed by atoms with Crippen molar-refractivity contribution in [3.63, 3.8) is 0 Å². The molecule has 0 radical (unpaired) electrons. The van der Waals surface area contributed by atoms with E-state index in [0.29, 0.717) is 41.0 Å². The number of thiophene rings is 1. The van der Waals surface area contributed by atoms with Gasteiger partial charge < -0.3 is 10.1 Å². The highest BCUT2D eigenvalue weighted by atomic mass is 32.2. The van der Waals surface area contributed by atoms with E-state index >= 15 is 0 Å². The van der Waals surface area contributed by atoms with Gasteiger partial charge in [0.15, 0.2) is 15.5 Å². The molecule has 1 N–H and O–H groups in total. The maximum Gasteiger partial charge on any atom is 0.252 e. The lowest BCUT2D eigenvalue weighted by molar-refractivity contribution is 0.0859. The van der Waals surface area contributed by atoms with Gasteiger partial charge in [0, 0.05) is 13.2 Å². The zero-order valence-corrected chi connectivity index (χ0v) is 18.8. The Morgan fingerprint density at radius 3 is 2.94 bits per heavy atom. The van der Waals surface area contributed by atoms with Gasteiger partial charge in [-0.1, -0.05) is 6.07 Å². The summed E-state index contributed by atoms with van der Waals surface area (Å²) in [7, 11) is -3.08. The second-order valence-electron chi connectivity index (χ2n) is 8.16. The monoisotopic (exact) mass is 460 g/mol. The Hall–Kier alpha value is -2.30. The van der Waals surface area contributed by atoms with Crippen LogP contribution in [0.5, 0.6) is 0 Å². The molecule has 0 saturated carbocycles. The van der Waals surface area contributed by atoms with Gasteiger partial charge in [-0.2, -0.15) is 5.10 Å². The van der Waals surface area contributed by atoms with Gasteiger partial charge in [-0.25, -0.2) is 18.1 Å². The van der Waals surface area contributed by atoms with Crippen LogP contribution in [0.1, 0.15) is 41.4 Å². The van der Waals surface area contributed by atoms with Crippen LogP contribution in [0.25, 0.3) is 21.6 Å². The molecule has 2 atom stereocenters. The van der Waals surface area contributed by atoms with E-state index in [0.717, 1.165) is 24.3 Å². The van der Waals surface area contributed by atoms with E-state index in [4.69, 9.17) is 9.72 Å². The van der Waals surface area contributed by atoms with Gasteiger partial charge in [-0.15, -0.1) is 11.3 Å². The molecule has 164 valence electrons. The number of carbonyl (C=O) groups is 1. The van der Waals surface area contributed by atoms with Gasteiger partial charge >= 0.3 is 0 Å². The van der Waals surface area contributed by atoms with Gasteiger partial charge in [0.2, 0.25) is 0 Å². The molecule has 5 heterocycles. The first-order chi connectivity index (χ1) is 14.9. The maximum absolute atomic E-state index is 13.2. The fourth-order valence-electron chi connectivity index (χ4n) is 4.37. The number of fused-ring (bicyclic) bond motifs is 1. The van der Waals surface area contributed by atoms with Gasteiger partial charge in [0.05, 0.1) is 50.9 Å². The lowest BCUT2D eigenvalue weighted by Gasteiger charge is -2.13. The number of nitrogens with one attached hydrogen (secondary N) is 1. The molecule has 0 aromatic carbocycles. The number of nitrogens with zero attached hydrogens (tertiary/aromatic N) is 3. The van der Waals surface area contributed by atoms with Crippen molar-refractivity contribution in [3.8, 4) is 10.6 Å². The van der Waals surface area contributed by atoms with E-state index in [9.17, 15) is 13.2 Å². The summed E-state index contributed by atoms with van der Waals surface area (Å²) in [6.45, 7) is 3.04. The van der Waals surface area contributed by atoms with Crippen molar-refractivity contribution in [2.45, 2.75) is 38.3 Å². The third kappa shape index (κ3) is 3.99. The topological polar surface area (TPSA) is 103 Å². The Bertz CT molecular complexity index is 1230. The number of pyridine rings is 1. The molecule has 10 heteroatoms. The lowest BCUT2D eigenvalue weighted by atomic mass is 10.1. The maximum atomic E-state index is 13.2. The van der Waals surface area contributed by atoms with E-state index in [1.54, 1.807) is 16.0 Å². The average Bonchev–Trinajstić information content (AvgIpc) is 3.53. The number of rotatable bonds is 5. The number of carbonyl (C=O) groups excluding carboxylic acids is 1. The molecule has 2 fully saturated rings. The van der Waals surface area contributed by atoms with Crippen molar-refractivity contribution in [3.05, 3.63) is 34.8 Å². The molecule has 3 aromatic heterocycles. The fourth-order valence-corrected chi connectivity index (χ4v) is 6.75. The number of ether oxygens (including phenoxy) is 1. The van der Waals surface area contributed by atoms with Crippen molar-refractivity contribution in [2.75, 3.05) is 24.7 Å². The quantitative estimate of drug-likeness (QED) is 0.628. The number of aromatic nitrogens is 3. The normalized spacial score (nSPS) is 22.9. The summed E-state index contributed by atoms with van der Waals surface area (Å²) < 4.78 is 31.5. The molecule has 1 amide bonds. The highest BCUT2D eigenvalue weighted by molar-refractivity contribution is 7.91. The molecule has 0 bridgehead atoms. The number of aryl methyl sites for hydroxylation is 1. The number of sulfone groups is 1. The van der Waals surface area contributed by atoms with Crippen molar-refractivity contribution >= 4 is 38.1 Å². The predicted molar refractivity (Wildman–Crippen MR) is 119 cm³/mol. The third-order valence-electron chi connectivity index (χ3n) is 5.92. The summed E-state index contributed by atoms with van der Waals surface area (Å²) in [5, 5.41) is 10.3. The first-order valence-electron chi connectivity index (χ1n) is 10.5. The smallest absolute Gasteiger partial charge is 0.252 e. The average molecular weight is 461 g/mol. The van der Waals surface area contributed by atoms with Gasteiger partial charge in [0.1, 0.15) is 0 Å². The molecule has 2 unspecified atom stereocenters. The Kier molecular flexibility index (Phi) is 5.31. The van der Waals surface area contributed by atoms with E-state index in [2.05, 4.69) is 10.4 Å². The fraction of sp³-hybridized carbons (Fsp3) is 0.476. The number of amides is 1. The van der Waals surface area contributed by atoms with Crippen LogP contribution in [0, 0.1) is 6.92 Å². The Morgan fingerprint density at radius 2 is 2.26 bits per heavy atom. The zero-order chi connectivity index (χ0) is 21.6. The molecule has 0 aliphatic carbocycles. The second kappa shape index (κ2) is 7.99. The Balaban J connectivity index is 1.59.